The highest BCUT2D eigenvalue weighted by Gasteiger charge is 2.20. The number of hydroxylamine groups is 1. The molecule has 0 fully saturated rings. The number of rotatable bonds is 6. The van der Waals surface area contributed by atoms with E-state index in [1.54, 1.807) is 6.21 Å². The van der Waals surface area contributed by atoms with Crippen LogP contribution in [0.3, 0.4) is 0 Å². The second-order valence-corrected chi connectivity index (χ2v) is 4.20. The molecular formula is C11H21NO. The normalized spacial score (nSPS) is 13.0. The third-order valence-electron chi connectivity index (χ3n) is 1.90. The van der Waals surface area contributed by atoms with Gasteiger partial charge in [0.05, 0.1) is 0 Å². The van der Waals surface area contributed by atoms with Gasteiger partial charge in [0, 0.05) is 11.8 Å². The van der Waals surface area contributed by atoms with Gasteiger partial charge in [-0.25, -0.2) is 4.74 Å². The molecule has 0 saturated carbocycles. The Bertz CT molecular complexity index is 183. The molecule has 0 bridgehead atoms. The van der Waals surface area contributed by atoms with Crippen LogP contribution in [-0.2, 0) is 0 Å². The van der Waals surface area contributed by atoms with Gasteiger partial charge < -0.3 is 5.21 Å². The van der Waals surface area contributed by atoms with Crippen molar-refractivity contribution in [3.8, 4) is 0 Å². The Morgan fingerprint density at radius 1 is 1.46 bits per heavy atom. The van der Waals surface area contributed by atoms with Crippen LogP contribution in [0.5, 0.6) is 0 Å². The molecule has 0 aliphatic carbocycles. The lowest BCUT2D eigenvalue weighted by molar-refractivity contribution is -0.470. The van der Waals surface area contributed by atoms with E-state index in [9.17, 15) is 5.21 Å². The summed E-state index contributed by atoms with van der Waals surface area (Å²) in [6.45, 7) is 10.5. The molecule has 0 spiro atoms. The first kappa shape index (κ1) is 12.2. The van der Waals surface area contributed by atoms with E-state index in [4.69, 9.17) is 0 Å². The first-order chi connectivity index (χ1) is 6.02. The van der Waals surface area contributed by atoms with Crippen molar-refractivity contribution in [2.75, 3.05) is 6.54 Å². The molecule has 0 saturated heterocycles. The molecule has 0 radical (unpaired) electrons. The maximum atomic E-state index is 11.3. The van der Waals surface area contributed by atoms with Gasteiger partial charge in [0.2, 0.25) is 0 Å². The van der Waals surface area contributed by atoms with Gasteiger partial charge in [-0.3, -0.25) is 0 Å². The minimum atomic E-state index is 0.0355. The quantitative estimate of drug-likeness (QED) is 0.204. The van der Waals surface area contributed by atoms with E-state index in [1.165, 1.54) is 0 Å². The van der Waals surface area contributed by atoms with E-state index in [2.05, 4.69) is 27.4 Å². The molecule has 76 valence electrons. The van der Waals surface area contributed by atoms with Gasteiger partial charge in [-0.2, -0.15) is 0 Å². The molecule has 0 rings (SSSR count). The lowest BCUT2D eigenvalue weighted by atomic mass is 9.89. The molecule has 13 heavy (non-hydrogen) atoms. The molecule has 0 aliphatic heterocycles. The van der Waals surface area contributed by atoms with Crippen LogP contribution in [0.15, 0.2) is 12.7 Å². The van der Waals surface area contributed by atoms with Crippen molar-refractivity contribution in [1.29, 1.82) is 0 Å². The van der Waals surface area contributed by atoms with E-state index < -0.39 is 0 Å². The molecule has 0 unspecified atom stereocenters. The number of unbranched alkanes of at least 4 members (excludes halogenated alkanes) is 1. The number of nitrogens with zero attached hydrogens (tertiary/aromatic N) is 1. The van der Waals surface area contributed by atoms with Crippen molar-refractivity contribution < 1.29 is 4.74 Å². The third-order valence-corrected chi connectivity index (χ3v) is 1.90. The van der Waals surface area contributed by atoms with Gasteiger partial charge in [0.1, 0.15) is 0 Å². The summed E-state index contributed by atoms with van der Waals surface area (Å²) >= 11 is 0. The summed E-state index contributed by atoms with van der Waals surface area (Å²) in [5.41, 5.74) is 0.0355. The largest absolute Gasteiger partial charge is 0.624 e. The predicted molar refractivity (Wildman–Crippen MR) is 58.1 cm³/mol. The molecule has 0 aromatic heterocycles. The van der Waals surface area contributed by atoms with Crippen molar-refractivity contribution in [3.63, 3.8) is 0 Å². The molecule has 0 aliphatic rings. The highest BCUT2D eigenvalue weighted by molar-refractivity contribution is 5.50. The second kappa shape index (κ2) is 5.79. The van der Waals surface area contributed by atoms with Gasteiger partial charge in [0.25, 0.3) is 0 Å². The van der Waals surface area contributed by atoms with Gasteiger partial charge in [-0.1, -0.05) is 26.8 Å². The van der Waals surface area contributed by atoms with Gasteiger partial charge in [-0.15, -0.1) is 6.58 Å². The summed E-state index contributed by atoms with van der Waals surface area (Å²) in [5.74, 6) is 0. The Hall–Kier alpha value is -0.790. The van der Waals surface area contributed by atoms with E-state index in [-0.39, 0.29) is 5.41 Å². The molecule has 0 amide bonds. The molecule has 2 nitrogen and oxygen atoms in total. The van der Waals surface area contributed by atoms with Crippen LogP contribution in [-0.4, -0.2) is 17.5 Å². The number of hydrogen-bond acceptors (Lipinski definition) is 1. The summed E-state index contributed by atoms with van der Waals surface area (Å²) in [4.78, 5) is 0. The fourth-order valence-electron chi connectivity index (χ4n) is 1.21. The van der Waals surface area contributed by atoms with Crippen molar-refractivity contribution in [2.45, 2.75) is 40.0 Å². The zero-order chi connectivity index (χ0) is 10.3. The molecular weight excluding hydrogens is 162 g/mol. The van der Waals surface area contributed by atoms with Gasteiger partial charge in [-0.05, 0) is 12.8 Å². The Morgan fingerprint density at radius 3 is 2.54 bits per heavy atom. The van der Waals surface area contributed by atoms with Crippen LogP contribution in [0.25, 0.3) is 0 Å². The van der Waals surface area contributed by atoms with E-state index in [0.29, 0.717) is 6.54 Å². The second-order valence-electron chi connectivity index (χ2n) is 4.20. The van der Waals surface area contributed by atoms with Crippen LogP contribution in [0.1, 0.15) is 40.0 Å². The van der Waals surface area contributed by atoms with Crippen molar-refractivity contribution in [1.82, 2.24) is 0 Å². The van der Waals surface area contributed by atoms with Crippen LogP contribution >= 0.6 is 0 Å². The van der Waals surface area contributed by atoms with E-state index in [1.807, 2.05) is 6.08 Å². The van der Waals surface area contributed by atoms with Gasteiger partial charge >= 0.3 is 0 Å². The molecule has 0 atom stereocenters. The highest BCUT2D eigenvalue weighted by atomic mass is 16.5. The summed E-state index contributed by atoms with van der Waals surface area (Å²) in [6, 6.07) is 0. The fraction of sp³-hybridized carbons (Fsp3) is 0.727. The summed E-state index contributed by atoms with van der Waals surface area (Å²) < 4.78 is 1.05. The average molecular weight is 183 g/mol. The van der Waals surface area contributed by atoms with Crippen molar-refractivity contribution in [3.05, 3.63) is 17.9 Å². The van der Waals surface area contributed by atoms with Crippen LogP contribution in [0, 0.1) is 10.6 Å². The average Bonchev–Trinajstić information content (AvgIpc) is 1.99. The first-order valence-corrected chi connectivity index (χ1v) is 4.90. The maximum absolute atomic E-state index is 11.3. The minimum absolute atomic E-state index is 0.0355. The number of allylic oxidation sites excluding steroid dienone is 1. The number of hydrogen-bond donors (Lipinski definition) is 0. The lowest BCUT2D eigenvalue weighted by Crippen LogP contribution is -2.24. The third kappa shape index (κ3) is 6.38. The zero-order valence-electron chi connectivity index (χ0n) is 9.05. The molecule has 0 aromatic carbocycles. The lowest BCUT2D eigenvalue weighted by Gasteiger charge is -2.20. The Labute approximate surface area is 81.6 Å². The van der Waals surface area contributed by atoms with E-state index >= 15 is 0 Å². The molecule has 0 heterocycles. The highest BCUT2D eigenvalue weighted by Crippen LogP contribution is 2.20. The Balaban J connectivity index is 4.01. The standard InChI is InChI=1S/C11H21NO/c1-5-7-9-12(13)10-11(3,4)8-6-2/h6,9H,2,5,7-8,10H2,1,3-4H3/b12-9-. The maximum Gasteiger partial charge on any atom is 0.158 e. The van der Waals surface area contributed by atoms with E-state index in [0.717, 1.165) is 24.0 Å². The summed E-state index contributed by atoms with van der Waals surface area (Å²) in [6.07, 6.45) is 6.37. The fourth-order valence-corrected chi connectivity index (χ4v) is 1.21. The van der Waals surface area contributed by atoms with Gasteiger partial charge in [0.15, 0.2) is 12.8 Å². The van der Waals surface area contributed by atoms with Crippen LogP contribution < -0.4 is 0 Å². The summed E-state index contributed by atoms with van der Waals surface area (Å²) in [5, 5.41) is 11.3. The van der Waals surface area contributed by atoms with Crippen LogP contribution in [0.4, 0.5) is 0 Å². The van der Waals surface area contributed by atoms with Crippen LogP contribution in [0.2, 0.25) is 0 Å². The van der Waals surface area contributed by atoms with Crippen molar-refractivity contribution in [2.24, 2.45) is 5.41 Å². The smallest absolute Gasteiger partial charge is 0.158 e. The molecule has 0 aromatic rings. The predicted octanol–water partition coefficient (Wildman–Crippen LogP) is 2.97. The zero-order valence-corrected chi connectivity index (χ0v) is 9.05. The Kier molecular flexibility index (Phi) is 5.44. The SMILES string of the molecule is C=CCC(C)(C)C/[N+]([O-])=C/CCC. The summed E-state index contributed by atoms with van der Waals surface area (Å²) in [7, 11) is 0. The topological polar surface area (TPSA) is 26.1 Å². The minimum Gasteiger partial charge on any atom is -0.624 e. The van der Waals surface area contributed by atoms with Crippen molar-refractivity contribution >= 4 is 6.21 Å². The molecule has 2 heteroatoms. The monoisotopic (exact) mass is 183 g/mol. The molecule has 0 N–H and O–H groups in total. The Morgan fingerprint density at radius 2 is 2.08 bits per heavy atom. The first-order valence-electron chi connectivity index (χ1n) is 4.90.